The highest BCUT2D eigenvalue weighted by Gasteiger charge is 2.24. The molecule has 0 fully saturated rings. The molecule has 118 valence electrons. The van der Waals surface area contributed by atoms with Gasteiger partial charge in [0, 0.05) is 25.2 Å². The molecule has 0 aliphatic heterocycles. The number of benzene rings is 1. The summed E-state index contributed by atoms with van der Waals surface area (Å²) in [6, 6.07) is 3.70. The van der Waals surface area contributed by atoms with Gasteiger partial charge in [0.1, 0.15) is 5.60 Å². The molecule has 0 aliphatic rings. The Bertz CT molecular complexity index is 514. The molecule has 1 aromatic rings. The van der Waals surface area contributed by atoms with Crippen LogP contribution in [0, 0.1) is 0 Å². The Balaban J connectivity index is 3.13. The van der Waals surface area contributed by atoms with Crippen molar-refractivity contribution < 1.29 is 9.53 Å². The van der Waals surface area contributed by atoms with Gasteiger partial charge in [0.05, 0.1) is 10.7 Å². The van der Waals surface area contributed by atoms with Crippen molar-refractivity contribution in [2.24, 2.45) is 5.73 Å². The third-order valence-corrected chi connectivity index (χ3v) is 3.61. The van der Waals surface area contributed by atoms with Crippen LogP contribution in [-0.2, 0) is 11.2 Å². The fraction of sp³-hybridized carbons (Fsp3) is 0.533. The highest BCUT2D eigenvalue weighted by molar-refractivity contribution is 6.33. The predicted molar refractivity (Wildman–Crippen MR) is 87.9 cm³/mol. The SMILES string of the molecule is CCN(CC)c1cc(CC(C)(C)OC(N)=O)c(N)cc1Cl. The van der Waals surface area contributed by atoms with Crippen molar-refractivity contribution in [3.63, 3.8) is 0 Å². The van der Waals surface area contributed by atoms with E-state index in [4.69, 9.17) is 27.8 Å². The van der Waals surface area contributed by atoms with Crippen molar-refractivity contribution in [2.75, 3.05) is 23.7 Å². The lowest BCUT2D eigenvalue weighted by molar-refractivity contribution is 0.0461. The van der Waals surface area contributed by atoms with E-state index in [2.05, 4.69) is 18.7 Å². The van der Waals surface area contributed by atoms with Gasteiger partial charge in [-0.1, -0.05) is 11.6 Å². The molecule has 0 aromatic heterocycles. The van der Waals surface area contributed by atoms with Crippen LogP contribution in [0.4, 0.5) is 16.2 Å². The number of rotatable bonds is 6. The zero-order valence-corrected chi connectivity index (χ0v) is 13.8. The van der Waals surface area contributed by atoms with E-state index in [0.29, 0.717) is 17.1 Å². The summed E-state index contributed by atoms with van der Waals surface area (Å²) in [4.78, 5) is 13.1. The molecule has 1 amide bonds. The molecule has 4 N–H and O–H groups in total. The molecule has 0 spiro atoms. The van der Waals surface area contributed by atoms with Crippen LogP contribution in [0.1, 0.15) is 33.3 Å². The Morgan fingerprint density at radius 2 is 1.90 bits per heavy atom. The fourth-order valence-corrected chi connectivity index (χ4v) is 2.64. The number of hydrogen-bond donors (Lipinski definition) is 2. The number of primary amides is 1. The Kier molecular flexibility index (Phi) is 5.72. The number of nitrogen functional groups attached to an aromatic ring is 1. The molecule has 1 aromatic carbocycles. The lowest BCUT2D eigenvalue weighted by Gasteiger charge is -2.27. The minimum atomic E-state index is -0.795. The molecule has 0 unspecified atom stereocenters. The van der Waals surface area contributed by atoms with Crippen LogP contribution in [0.2, 0.25) is 5.02 Å². The van der Waals surface area contributed by atoms with E-state index in [1.165, 1.54) is 0 Å². The van der Waals surface area contributed by atoms with Gasteiger partial charge in [-0.3, -0.25) is 0 Å². The van der Waals surface area contributed by atoms with Crippen molar-refractivity contribution in [1.29, 1.82) is 0 Å². The molecule has 6 heteroatoms. The second-order valence-electron chi connectivity index (χ2n) is 5.53. The van der Waals surface area contributed by atoms with Crippen LogP contribution in [0.3, 0.4) is 0 Å². The quantitative estimate of drug-likeness (QED) is 0.790. The maximum absolute atomic E-state index is 11.0. The van der Waals surface area contributed by atoms with Crippen molar-refractivity contribution in [3.05, 3.63) is 22.7 Å². The smallest absolute Gasteiger partial charge is 0.405 e. The lowest BCUT2D eigenvalue weighted by Crippen LogP contribution is -2.33. The maximum atomic E-state index is 11.0. The van der Waals surface area contributed by atoms with Gasteiger partial charge in [-0.05, 0) is 45.4 Å². The molecule has 0 saturated heterocycles. The molecule has 0 atom stereocenters. The largest absolute Gasteiger partial charge is 0.443 e. The first-order valence-corrected chi connectivity index (χ1v) is 7.39. The topological polar surface area (TPSA) is 81.6 Å². The molecular formula is C15H24ClN3O2. The number of nitrogens with zero attached hydrogens (tertiary/aromatic N) is 1. The van der Waals surface area contributed by atoms with E-state index in [0.717, 1.165) is 24.3 Å². The van der Waals surface area contributed by atoms with Gasteiger partial charge >= 0.3 is 6.09 Å². The normalized spacial score (nSPS) is 11.3. The summed E-state index contributed by atoms with van der Waals surface area (Å²) in [5, 5.41) is 0.619. The number of halogens is 1. The number of carbonyl (C=O) groups excluding carboxylic acids is 1. The number of hydrogen-bond acceptors (Lipinski definition) is 4. The van der Waals surface area contributed by atoms with Crippen molar-refractivity contribution in [1.82, 2.24) is 0 Å². The number of anilines is 2. The minimum absolute atomic E-state index is 0.465. The van der Waals surface area contributed by atoms with Gasteiger partial charge in [0.25, 0.3) is 0 Å². The van der Waals surface area contributed by atoms with Crippen molar-refractivity contribution in [3.8, 4) is 0 Å². The lowest BCUT2D eigenvalue weighted by atomic mass is 9.96. The van der Waals surface area contributed by atoms with Crippen LogP contribution >= 0.6 is 11.6 Å². The highest BCUT2D eigenvalue weighted by atomic mass is 35.5. The molecule has 1 rings (SSSR count). The summed E-state index contributed by atoms with van der Waals surface area (Å²) in [5.41, 5.74) is 12.8. The summed E-state index contributed by atoms with van der Waals surface area (Å²) in [7, 11) is 0. The second kappa shape index (κ2) is 6.89. The summed E-state index contributed by atoms with van der Waals surface area (Å²) in [6.45, 7) is 9.42. The van der Waals surface area contributed by atoms with E-state index < -0.39 is 11.7 Å². The molecule has 5 nitrogen and oxygen atoms in total. The van der Waals surface area contributed by atoms with Crippen LogP contribution in [-0.4, -0.2) is 24.8 Å². The van der Waals surface area contributed by atoms with E-state index >= 15 is 0 Å². The molecular weight excluding hydrogens is 290 g/mol. The third kappa shape index (κ3) is 4.70. The maximum Gasteiger partial charge on any atom is 0.405 e. The van der Waals surface area contributed by atoms with Crippen LogP contribution in [0.25, 0.3) is 0 Å². The first kappa shape index (κ1) is 17.4. The van der Waals surface area contributed by atoms with Crippen molar-refractivity contribution in [2.45, 2.75) is 39.7 Å². The zero-order valence-electron chi connectivity index (χ0n) is 13.1. The Hall–Kier alpha value is -1.62. The third-order valence-electron chi connectivity index (χ3n) is 3.31. The molecule has 0 heterocycles. The van der Waals surface area contributed by atoms with Crippen LogP contribution in [0.5, 0.6) is 0 Å². The Morgan fingerprint density at radius 3 is 2.38 bits per heavy atom. The average Bonchev–Trinajstić information content (AvgIpc) is 2.34. The van der Waals surface area contributed by atoms with Crippen molar-refractivity contribution >= 4 is 29.1 Å². The fourth-order valence-electron chi connectivity index (χ4n) is 2.35. The molecule has 0 bridgehead atoms. The van der Waals surface area contributed by atoms with Crippen LogP contribution < -0.4 is 16.4 Å². The minimum Gasteiger partial charge on any atom is -0.443 e. The summed E-state index contributed by atoms with van der Waals surface area (Å²) < 4.78 is 5.12. The van der Waals surface area contributed by atoms with E-state index in [-0.39, 0.29) is 0 Å². The zero-order chi connectivity index (χ0) is 16.2. The van der Waals surface area contributed by atoms with E-state index in [1.54, 1.807) is 19.9 Å². The molecule has 0 aliphatic carbocycles. The Labute approximate surface area is 131 Å². The standard InChI is InChI=1S/C15H24ClN3O2/c1-5-19(6-2)13-7-10(12(17)8-11(13)16)9-15(3,4)21-14(18)20/h7-8H,5-6,9,17H2,1-4H3,(H2,18,20). The van der Waals surface area contributed by atoms with Gasteiger partial charge in [0.15, 0.2) is 0 Å². The van der Waals surface area contributed by atoms with Gasteiger partial charge in [-0.25, -0.2) is 4.79 Å². The molecule has 0 saturated carbocycles. The van der Waals surface area contributed by atoms with E-state index in [9.17, 15) is 4.79 Å². The average molecular weight is 314 g/mol. The first-order chi connectivity index (χ1) is 9.70. The number of ether oxygens (including phenoxy) is 1. The monoisotopic (exact) mass is 313 g/mol. The van der Waals surface area contributed by atoms with Gasteiger partial charge in [-0.15, -0.1) is 0 Å². The summed E-state index contributed by atoms with van der Waals surface area (Å²) in [6.07, 6.45) is -0.329. The second-order valence-corrected chi connectivity index (χ2v) is 5.94. The van der Waals surface area contributed by atoms with E-state index in [1.807, 2.05) is 6.07 Å². The van der Waals surface area contributed by atoms with Gasteiger partial charge < -0.3 is 21.1 Å². The van der Waals surface area contributed by atoms with Gasteiger partial charge in [-0.2, -0.15) is 0 Å². The number of nitrogens with two attached hydrogens (primary N) is 2. The predicted octanol–water partition coefficient (Wildman–Crippen LogP) is 3.18. The first-order valence-electron chi connectivity index (χ1n) is 7.01. The Morgan fingerprint density at radius 1 is 1.33 bits per heavy atom. The van der Waals surface area contributed by atoms with Gasteiger partial charge in [0.2, 0.25) is 0 Å². The molecule has 0 radical (unpaired) electrons. The van der Waals surface area contributed by atoms with Crippen LogP contribution in [0.15, 0.2) is 12.1 Å². The highest BCUT2D eigenvalue weighted by Crippen LogP contribution is 2.33. The molecule has 21 heavy (non-hydrogen) atoms. The summed E-state index contributed by atoms with van der Waals surface area (Å²) >= 11 is 6.28. The number of carbonyl (C=O) groups is 1. The number of amides is 1. The summed E-state index contributed by atoms with van der Waals surface area (Å²) in [5.74, 6) is 0.